The Morgan fingerprint density at radius 1 is 0.971 bits per heavy atom. The molecular formula is C27H30ClNO4S. The zero-order valence-corrected chi connectivity index (χ0v) is 21.5. The van der Waals surface area contributed by atoms with Crippen molar-refractivity contribution >= 4 is 29.1 Å². The number of nitrogens with zero attached hydrogens (tertiary/aromatic N) is 1. The second kappa shape index (κ2) is 11.2. The van der Waals surface area contributed by atoms with Gasteiger partial charge in [0.2, 0.25) is 5.75 Å². The number of thioether (sulfide) groups is 1. The number of benzene rings is 3. The molecule has 34 heavy (non-hydrogen) atoms. The molecule has 1 heterocycles. The van der Waals surface area contributed by atoms with Gasteiger partial charge in [-0.3, -0.25) is 0 Å². The van der Waals surface area contributed by atoms with E-state index in [1.807, 2.05) is 43.0 Å². The van der Waals surface area contributed by atoms with Crippen molar-refractivity contribution < 1.29 is 18.9 Å². The molecule has 7 heteroatoms. The third kappa shape index (κ3) is 5.18. The van der Waals surface area contributed by atoms with Crippen molar-refractivity contribution in [1.29, 1.82) is 0 Å². The SMILES string of the molecule is CCOc1ccc2c(c1)S[C@@H](c1cc(OC)c(OC)c(OC)c1)CCN2Cc1ccccc1Cl. The first kappa shape index (κ1) is 24.4. The predicted molar refractivity (Wildman–Crippen MR) is 139 cm³/mol. The number of rotatable bonds is 8. The number of anilines is 1. The molecule has 1 aliphatic heterocycles. The lowest BCUT2D eigenvalue weighted by molar-refractivity contribution is 0.323. The Bertz CT molecular complexity index is 1110. The van der Waals surface area contributed by atoms with Gasteiger partial charge < -0.3 is 23.8 Å². The number of hydrogen-bond donors (Lipinski definition) is 0. The Kier molecular flexibility index (Phi) is 8.01. The van der Waals surface area contributed by atoms with Crippen LogP contribution in [0.1, 0.15) is 29.7 Å². The summed E-state index contributed by atoms with van der Waals surface area (Å²) in [5.41, 5.74) is 3.43. The number of hydrogen-bond acceptors (Lipinski definition) is 6. The van der Waals surface area contributed by atoms with E-state index in [1.54, 1.807) is 21.3 Å². The first-order chi connectivity index (χ1) is 16.6. The van der Waals surface area contributed by atoms with E-state index < -0.39 is 0 Å². The molecule has 0 saturated carbocycles. The minimum absolute atomic E-state index is 0.195. The Morgan fingerprint density at radius 3 is 2.35 bits per heavy atom. The van der Waals surface area contributed by atoms with E-state index in [-0.39, 0.29) is 5.25 Å². The van der Waals surface area contributed by atoms with Gasteiger partial charge in [0.1, 0.15) is 5.75 Å². The van der Waals surface area contributed by atoms with Crippen LogP contribution in [-0.4, -0.2) is 34.5 Å². The standard InChI is InChI=1S/C27H30ClNO4S/c1-5-33-20-10-11-22-26(16-20)34-25(12-13-29(22)17-18-8-6-7-9-21(18)28)19-14-23(30-2)27(32-4)24(15-19)31-3/h6-11,14-16,25H,5,12-13,17H2,1-4H3/t25-/m1/s1. The highest BCUT2D eigenvalue weighted by Gasteiger charge is 2.26. The van der Waals surface area contributed by atoms with Crippen LogP contribution in [-0.2, 0) is 6.54 Å². The molecule has 0 spiro atoms. The summed E-state index contributed by atoms with van der Waals surface area (Å²) in [6, 6.07) is 18.5. The molecule has 0 fully saturated rings. The number of methoxy groups -OCH3 is 3. The fourth-order valence-electron chi connectivity index (χ4n) is 4.23. The minimum Gasteiger partial charge on any atom is -0.494 e. The summed E-state index contributed by atoms with van der Waals surface area (Å²) in [6.45, 7) is 4.24. The van der Waals surface area contributed by atoms with Crippen molar-refractivity contribution in [3.05, 3.63) is 70.7 Å². The first-order valence-electron chi connectivity index (χ1n) is 11.3. The van der Waals surface area contributed by atoms with Gasteiger partial charge in [-0.25, -0.2) is 0 Å². The number of halogens is 1. The minimum atomic E-state index is 0.195. The maximum atomic E-state index is 6.51. The molecule has 0 radical (unpaired) electrons. The van der Waals surface area contributed by atoms with E-state index in [0.717, 1.165) is 41.4 Å². The summed E-state index contributed by atoms with van der Waals surface area (Å²) < 4.78 is 22.6. The Balaban J connectivity index is 1.73. The summed E-state index contributed by atoms with van der Waals surface area (Å²) in [4.78, 5) is 3.58. The number of ether oxygens (including phenoxy) is 4. The molecule has 0 N–H and O–H groups in total. The van der Waals surface area contributed by atoms with Gasteiger partial charge in [-0.1, -0.05) is 29.8 Å². The predicted octanol–water partition coefficient (Wildman–Crippen LogP) is 7.01. The van der Waals surface area contributed by atoms with Gasteiger partial charge >= 0.3 is 0 Å². The zero-order chi connectivity index (χ0) is 24.1. The lowest BCUT2D eigenvalue weighted by Gasteiger charge is -2.25. The third-order valence-corrected chi connectivity index (χ3v) is 7.63. The molecular weight excluding hydrogens is 470 g/mol. The second-order valence-corrected chi connectivity index (χ2v) is 9.58. The highest BCUT2D eigenvalue weighted by Crippen LogP contribution is 2.49. The van der Waals surface area contributed by atoms with E-state index in [4.69, 9.17) is 30.5 Å². The second-order valence-electron chi connectivity index (χ2n) is 7.93. The van der Waals surface area contributed by atoms with E-state index >= 15 is 0 Å². The van der Waals surface area contributed by atoms with E-state index in [1.165, 1.54) is 10.6 Å². The van der Waals surface area contributed by atoms with Gasteiger partial charge in [-0.15, -0.1) is 11.8 Å². The smallest absolute Gasteiger partial charge is 0.203 e. The molecule has 0 aliphatic carbocycles. The van der Waals surface area contributed by atoms with Crippen LogP contribution in [0.4, 0.5) is 5.69 Å². The van der Waals surface area contributed by atoms with Crippen molar-refractivity contribution in [2.24, 2.45) is 0 Å². The van der Waals surface area contributed by atoms with E-state index in [9.17, 15) is 0 Å². The molecule has 1 aliphatic rings. The summed E-state index contributed by atoms with van der Waals surface area (Å²) in [5.74, 6) is 2.81. The normalized spacial score (nSPS) is 15.3. The lowest BCUT2D eigenvalue weighted by atomic mass is 10.1. The summed E-state index contributed by atoms with van der Waals surface area (Å²) in [5, 5.41) is 0.980. The van der Waals surface area contributed by atoms with Crippen molar-refractivity contribution in [2.75, 3.05) is 39.4 Å². The average molecular weight is 500 g/mol. The fourth-order valence-corrected chi connectivity index (χ4v) is 5.73. The molecule has 180 valence electrons. The molecule has 5 nitrogen and oxygen atoms in total. The van der Waals surface area contributed by atoms with Crippen molar-refractivity contribution in [1.82, 2.24) is 0 Å². The van der Waals surface area contributed by atoms with Crippen molar-refractivity contribution in [2.45, 2.75) is 30.0 Å². The zero-order valence-electron chi connectivity index (χ0n) is 20.0. The van der Waals surface area contributed by atoms with Crippen LogP contribution in [0, 0.1) is 0 Å². The maximum absolute atomic E-state index is 6.51. The Hall–Kier alpha value is -2.70. The number of fused-ring (bicyclic) bond motifs is 1. The van der Waals surface area contributed by atoms with Gasteiger partial charge in [0.15, 0.2) is 11.5 Å². The van der Waals surface area contributed by atoms with Gasteiger partial charge in [0.05, 0.1) is 33.6 Å². The van der Waals surface area contributed by atoms with Gasteiger partial charge in [0.25, 0.3) is 0 Å². The average Bonchev–Trinajstić information content (AvgIpc) is 3.03. The van der Waals surface area contributed by atoms with E-state index in [0.29, 0.717) is 23.9 Å². The maximum Gasteiger partial charge on any atom is 0.203 e. The lowest BCUT2D eigenvalue weighted by Crippen LogP contribution is -2.24. The molecule has 3 aromatic carbocycles. The molecule has 0 saturated heterocycles. The quantitative estimate of drug-likeness (QED) is 0.332. The van der Waals surface area contributed by atoms with Crippen LogP contribution in [0.25, 0.3) is 0 Å². The molecule has 0 bridgehead atoms. The molecule has 4 rings (SSSR count). The van der Waals surface area contributed by atoms with Crippen LogP contribution >= 0.6 is 23.4 Å². The van der Waals surface area contributed by atoms with Crippen molar-refractivity contribution in [3.63, 3.8) is 0 Å². The largest absolute Gasteiger partial charge is 0.494 e. The van der Waals surface area contributed by atoms with Gasteiger partial charge in [-0.05, 0) is 60.9 Å². The van der Waals surface area contributed by atoms with Crippen LogP contribution < -0.4 is 23.8 Å². The van der Waals surface area contributed by atoms with Gasteiger partial charge in [-0.2, -0.15) is 0 Å². The molecule has 0 unspecified atom stereocenters. The highest BCUT2D eigenvalue weighted by atomic mass is 35.5. The van der Waals surface area contributed by atoms with Crippen LogP contribution in [0.2, 0.25) is 5.02 Å². The third-order valence-electron chi connectivity index (χ3n) is 5.89. The Morgan fingerprint density at radius 2 is 1.71 bits per heavy atom. The summed E-state index contributed by atoms with van der Waals surface area (Å²) >= 11 is 8.34. The monoisotopic (exact) mass is 499 g/mol. The van der Waals surface area contributed by atoms with Gasteiger partial charge in [0, 0.05) is 28.3 Å². The summed E-state index contributed by atoms with van der Waals surface area (Å²) in [7, 11) is 4.92. The molecule has 1 atom stereocenters. The van der Waals surface area contributed by atoms with E-state index in [2.05, 4.69) is 35.2 Å². The fraction of sp³-hybridized carbons (Fsp3) is 0.333. The molecule has 3 aromatic rings. The first-order valence-corrected chi connectivity index (χ1v) is 12.6. The Labute approximate surface area is 210 Å². The summed E-state index contributed by atoms with van der Waals surface area (Å²) in [6.07, 6.45) is 0.937. The molecule has 0 aromatic heterocycles. The molecule has 0 amide bonds. The van der Waals surface area contributed by atoms with Crippen LogP contribution in [0.5, 0.6) is 23.0 Å². The van der Waals surface area contributed by atoms with Crippen molar-refractivity contribution in [3.8, 4) is 23.0 Å². The topological polar surface area (TPSA) is 40.2 Å². The van der Waals surface area contributed by atoms with Crippen LogP contribution in [0.3, 0.4) is 0 Å². The van der Waals surface area contributed by atoms with Crippen LogP contribution in [0.15, 0.2) is 59.5 Å². The highest BCUT2D eigenvalue weighted by molar-refractivity contribution is 7.99.